The second-order valence-electron chi connectivity index (χ2n) is 3.14. The van der Waals surface area contributed by atoms with Crippen LogP contribution in [0.15, 0.2) is 24.3 Å². The molecule has 0 fully saturated rings. The fourth-order valence-corrected chi connectivity index (χ4v) is 1.16. The normalized spacial score (nSPS) is 14.3. The van der Waals surface area contributed by atoms with Crippen LogP contribution in [0.1, 0.15) is 11.7 Å². The van der Waals surface area contributed by atoms with Crippen LogP contribution in [0, 0.1) is 0 Å². The average Bonchev–Trinajstić information content (AvgIpc) is 2.27. The monoisotopic (exact) mass is 211 g/mol. The quantitative estimate of drug-likeness (QED) is 0.607. The van der Waals surface area contributed by atoms with Gasteiger partial charge in [0.2, 0.25) is 0 Å². The highest BCUT2D eigenvalue weighted by atomic mass is 16.5. The summed E-state index contributed by atoms with van der Waals surface area (Å²) in [7, 11) is 1.52. The molecule has 1 rings (SSSR count). The molecule has 0 unspecified atom stereocenters. The molecule has 0 radical (unpaired) electrons. The summed E-state index contributed by atoms with van der Waals surface area (Å²) in [5.41, 5.74) is 3.79. The van der Waals surface area contributed by atoms with E-state index in [4.69, 9.17) is 4.74 Å². The first-order chi connectivity index (χ1) is 7.06. The van der Waals surface area contributed by atoms with E-state index in [9.17, 15) is 15.0 Å². The third-order valence-corrected chi connectivity index (χ3v) is 2.14. The van der Waals surface area contributed by atoms with Gasteiger partial charge in [-0.15, -0.1) is 0 Å². The number of quaternary nitrogens is 1. The maximum absolute atomic E-state index is 10.5. The average molecular weight is 211 g/mol. The van der Waals surface area contributed by atoms with Crippen molar-refractivity contribution < 1.29 is 25.5 Å². The van der Waals surface area contributed by atoms with Crippen molar-refractivity contribution in [3.63, 3.8) is 0 Å². The van der Waals surface area contributed by atoms with E-state index in [0.29, 0.717) is 11.3 Å². The Morgan fingerprint density at radius 2 is 2.00 bits per heavy atom. The maximum atomic E-state index is 10.5. The zero-order valence-electron chi connectivity index (χ0n) is 8.34. The van der Waals surface area contributed by atoms with Crippen molar-refractivity contribution >= 4 is 5.97 Å². The van der Waals surface area contributed by atoms with E-state index in [1.165, 1.54) is 7.11 Å². The number of aliphatic hydroxyl groups is 1. The number of hydrogen-bond donors (Lipinski definition) is 2. The largest absolute Gasteiger partial charge is 0.544 e. The third kappa shape index (κ3) is 2.68. The van der Waals surface area contributed by atoms with Gasteiger partial charge in [-0.05, 0) is 17.7 Å². The van der Waals surface area contributed by atoms with Gasteiger partial charge >= 0.3 is 0 Å². The molecule has 0 aliphatic heterocycles. The topological polar surface area (TPSA) is 97.2 Å². The molecule has 0 heterocycles. The number of aliphatic carboxylic acids is 1. The number of methoxy groups -OCH3 is 1. The van der Waals surface area contributed by atoms with Gasteiger partial charge < -0.3 is 25.5 Å². The second-order valence-corrected chi connectivity index (χ2v) is 3.14. The predicted molar refractivity (Wildman–Crippen MR) is 49.6 cm³/mol. The van der Waals surface area contributed by atoms with Crippen LogP contribution in [0.3, 0.4) is 0 Å². The molecular weight excluding hydrogens is 198 g/mol. The number of hydrogen-bond acceptors (Lipinski definition) is 4. The van der Waals surface area contributed by atoms with Crippen molar-refractivity contribution in [1.29, 1.82) is 0 Å². The van der Waals surface area contributed by atoms with E-state index in [1.54, 1.807) is 24.3 Å². The minimum Gasteiger partial charge on any atom is -0.544 e. The van der Waals surface area contributed by atoms with E-state index >= 15 is 0 Å². The molecule has 1 aromatic carbocycles. The molecule has 1 aromatic rings. The molecule has 5 heteroatoms. The minimum atomic E-state index is -1.38. The van der Waals surface area contributed by atoms with Crippen LogP contribution in [-0.4, -0.2) is 24.2 Å². The Hall–Kier alpha value is -1.59. The van der Waals surface area contributed by atoms with Crippen molar-refractivity contribution in [2.75, 3.05) is 7.11 Å². The standard InChI is InChI=1S/C10H13NO4/c1-15-7-4-2-6(3-5-7)9(12)8(11)10(13)14/h2-5,8-9,12H,11H2,1H3,(H,13,14)/t8-,9-/m0/s1. The van der Waals surface area contributed by atoms with Crippen molar-refractivity contribution in [2.45, 2.75) is 12.1 Å². The number of aliphatic hydroxyl groups excluding tert-OH is 1. The molecule has 5 nitrogen and oxygen atoms in total. The molecule has 0 bridgehead atoms. The van der Waals surface area contributed by atoms with Crippen molar-refractivity contribution in [3.8, 4) is 5.75 Å². The highest BCUT2D eigenvalue weighted by Gasteiger charge is 2.21. The fraction of sp³-hybridized carbons (Fsp3) is 0.300. The summed E-state index contributed by atoms with van der Waals surface area (Å²) in [5, 5.41) is 20.1. The number of carbonyl (C=O) groups excluding carboxylic acids is 1. The fourth-order valence-electron chi connectivity index (χ4n) is 1.16. The van der Waals surface area contributed by atoms with Gasteiger partial charge in [0.25, 0.3) is 0 Å². The maximum Gasteiger partial charge on any atom is 0.155 e. The lowest BCUT2D eigenvalue weighted by atomic mass is 10.0. The van der Waals surface area contributed by atoms with Crippen molar-refractivity contribution in [2.24, 2.45) is 0 Å². The minimum absolute atomic E-state index is 0.472. The summed E-state index contributed by atoms with van der Waals surface area (Å²) in [5.74, 6) is -0.738. The van der Waals surface area contributed by atoms with E-state index in [1.807, 2.05) is 0 Å². The Bertz CT molecular complexity index is 336. The molecule has 4 N–H and O–H groups in total. The molecule has 0 amide bonds. The molecular formula is C10H13NO4. The molecule has 0 spiro atoms. The van der Waals surface area contributed by atoms with Crippen molar-refractivity contribution in [1.82, 2.24) is 0 Å². The molecule has 0 saturated carbocycles. The Labute approximate surface area is 87.1 Å². The summed E-state index contributed by atoms with van der Waals surface area (Å²) in [6.07, 6.45) is -1.17. The highest BCUT2D eigenvalue weighted by Crippen LogP contribution is 2.18. The summed E-state index contributed by atoms with van der Waals surface area (Å²) < 4.78 is 4.93. The van der Waals surface area contributed by atoms with Crippen LogP contribution in [0.25, 0.3) is 0 Å². The summed E-state index contributed by atoms with van der Waals surface area (Å²) in [4.78, 5) is 10.5. The Morgan fingerprint density at radius 1 is 1.47 bits per heavy atom. The third-order valence-electron chi connectivity index (χ3n) is 2.14. The molecule has 0 aliphatic carbocycles. The van der Waals surface area contributed by atoms with Crippen LogP contribution < -0.4 is 15.6 Å². The lowest BCUT2D eigenvalue weighted by Crippen LogP contribution is -2.70. The molecule has 0 aromatic heterocycles. The number of ether oxygens (including phenoxy) is 1. The summed E-state index contributed by atoms with van der Waals surface area (Å²) in [6.45, 7) is 0. The van der Waals surface area contributed by atoms with Gasteiger partial charge in [0.1, 0.15) is 17.8 Å². The first-order valence-corrected chi connectivity index (χ1v) is 4.42. The molecule has 82 valence electrons. The molecule has 15 heavy (non-hydrogen) atoms. The zero-order valence-corrected chi connectivity index (χ0v) is 8.34. The van der Waals surface area contributed by atoms with Gasteiger partial charge in [-0.25, -0.2) is 0 Å². The first-order valence-electron chi connectivity index (χ1n) is 4.42. The van der Waals surface area contributed by atoms with E-state index in [2.05, 4.69) is 5.73 Å². The van der Waals surface area contributed by atoms with Gasteiger partial charge in [0.05, 0.1) is 7.11 Å². The van der Waals surface area contributed by atoms with Crippen LogP contribution >= 0.6 is 0 Å². The number of carboxylic acids is 1. The zero-order chi connectivity index (χ0) is 11.4. The predicted octanol–water partition coefficient (Wildman–Crippen LogP) is -1.91. The summed E-state index contributed by atoms with van der Waals surface area (Å²) in [6, 6.07) is 5.27. The van der Waals surface area contributed by atoms with Crippen LogP contribution in [0.4, 0.5) is 0 Å². The number of rotatable bonds is 4. The van der Waals surface area contributed by atoms with Crippen LogP contribution in [0.2, 0.25) is 0 Å². The molecule has 2 atom stereocenters. The smallest absolute Gasteiger partial charge is 0.155 e. The highest BCUT2D eigenvalue weighted by molar-refractivity contribution is 5.70. The summed E-state index contributed by atoms with van der Waals surface area (Å²) >= 11 is 0. The Balaban J connectivity index is 2.82. The number of benzene rings is 1. The van der Waals surface area contributed by atoms with E-state index < -0.39 is 18.1 Å². The molecule has 0 saturated heterocycles. The SMILES string of the molecule is COc1ccc([C@H](O)[C@H]([NH3+])C(=O)[O-])cc1. The van der Waals surface area contributed by atoms with Crippen LogP contribution in [-0.2, 0) is 4.79 Å². The number of carbonyl (C=O) groups is 1. The Kier molecular flexibility index (Phi) is 3.65. The lowest BCUT2D eigenvalue weighted by Gasteiger charge is -2.16. The second kappa shape index (κ2) is 4.77. The van der Waals surface area contributed by atoms with E-state index in [-0.39, 0.29) is 0 Å². The first kappa shape index (κ1) is 11.5. The van der Waals surface area contributed by atoms with Gasteiger partial charge in [0, 0.05) is 0 Å². The van der Waals surface area contributed by atoms with Crippen molar-refractivity contribution in [3.05, 3.63) is 29.8 Å². The van der Waals surface area contributed by atoms with Gasteiger partial charge in [-0.2, -0.15) is 0 Å². The number of carboxylic acid groups (broad SMARTS) is 1. The van der Waals surface area contributed by atoms with Gasteiger partial charge in [-0.1, -0.05) is 12.1 Å². The lowest BCUT2D eigenvalue weighted by molar-refractivity contribution is -0.452. The van der Waals surface area contributed by atoms with Gasteiger partial charge in [0.15, 0.2) is 6.04 Å². The van der Waals surface area contributed by atoms with Gasteiger partial charge in [-0.3, -0.25) is 0 Å². The Morgan fingerprint density at radius 3 is 2.40 bits per heavy atom. The van der Waals surface area contributed by atoms with E-state index in [0.717, 1.165) is 0 Å². The molecule has 0 aliphatic rings. The van der Waals surface area contributed by atoms with Crippen LogP contribution in [0.5, 0.6) is 5.75 Å².